The van der Waals surface area contributed by atoms with Crippen LogP contribution >= 0.6 is 0 Å². The van der Waals surface area contributed by atoms with Crippen LogP contribution in [-0.2, 0) is 9.53 Å². The number of hydrogen-bond donors (Lipinski definition) is 2. The molecular weight excluding hydrogens is 318 g/mol. The third-order valence-electron chi connectivity index (χ3n) is 4.79. The highest BCUT2D eigenvalue weighted by molar-refractivity contribution is 5.98. The Morgan fingerprint density at radius 3 is 2.88 bits per heavy atom. The Hall–Kier alpha value is -1.92. The number of methoxy groups -OCH3 is 1. The first kappa shape index (κ1) is 17.9. The van der Waals surface area contributed by atoms with Crippen molar-refractivity contribution >= 4 is 17.5 Å². The minimum absolute atomic E-state index is 0.0543. The molecule has 2 amide bonds. The first-order valence-corrected chi connectivity index (χ1v) is 9.09. The molecule has 2 N–H and O–H groups in total. The molecular formula is C19H27N3O3. The van der Waals surface area contributed by atoms with Crippen LogP contribution in [0.3, 0.4) is 0 Å². The van der Waals surface area contributed by atoms with E-state index in [4.69, 9.17) is 4.74 Å². The lowest BCUT2D eigenvalue weighted by molar-refractivity contribution is -0.117. The number of nitrogens with zero attached hydrogens (tertiary/aromatic N) is 1. The fraction of sp³-hybridized carbons (Fsp3) is 0.579. The number of nitrogens with one attached hydrogen (secondary N) is 2. The molecule has 1 aromatic carbocycles. The molecule has 25 heavy (non-hydrogen) atoms. The fourth-order valence-corrected chi connectivity index (χ4v) is 3.19. The van der Waals surface area contributed by atoms with Gasteiger partial charge in [0.1, 0.15) is 0 Å². The summed E-state index contributed by atoms with van der Waals surface area (Å²) < 4.78 is 5.13. The van der Waals surface area contributed by atoms with Crippen LogP contribution in [0.4, 0.5) is 5.69 Å². The number of ether oxygens (including phenoxy) is 1. The molecule has 0 bridgehead atoms. The van der Waals surface area contributed by atoms with Crippen LogP contribution < -0.4 is 10.6 Å². The van der Waals surface area contributed by atoms with Crippen molar-refractivity contribution in [3.63, 3.8) is 0 Å². The highest BCUT2D eigenvalue weighted by atomic mass is 16.5. The van der Waals surface area contributed by atoms with Crippen molar-refractivity contribution in [3.05, 3.63) is 29.8 Å². The van der Waals surface area contributed by atoms with Gasteiger partial charge in [0, 0.05) is 43.4 Å². The zero-order chi connectivity index (χ0) is 17.6. The highest BCUT2D eigenvalue weighted by Gasteiger charge is 2.29. The molecule has 1 aliphatic carbocycles. The maximum absolute atomic E-state index is 12.6. The number of piperidine rings is 1. The van der Waals surface area contributed by atoms with Crippen LogP contribution in [0.15, 0.2) is 24.3 Å². The Labute approximate surface area is 148 Å². The molecule has 1 aromatic rings. The first-order chi connectivity index (χ1) is 12.2. The molecule has 6 heteroatoms. The van der Waals surface area contributed by atoms with Gasteiger partial charge in [-0.3, -0.25) is 14.5 Å². The smallest absolute Gasteiger partial charge is 0.251 e. The summed E-state index contributed by atoms with van der Waals surface area (Å²) in [6.45, 7) is 3.51. The predicted molar refractivity (Wildman–Crippen MR) is 96.6 cm³/mol. The standard InChI is InChI=1S/C19H27N3O3/c1-25-11-10-22-9-3-6-17(13-22)21-19(24)15-4-2-5-16(12-15)20-18(23)14-7-8-14/h2,4-5,12,14,17H,3,6-11,13H2,1H3,(H,20,23)(H,21,24)/t17-/m1/s1. The van der Waals surface area contributed by atoms with Gasteiger partial charge in [-0.05, 0) is 50.4 Å². The Morgan fingerprint density at radius 2 is 2.12 bits per heavy atom. The third-order valence-corrected chi connectivity index (χ3v) is 4.79. The van der Waals surface area contributed by atoms with Crippen LogP contribution in [-0.4, -0.2) is 56.1 Å². The maximum Gasteiger partial charge on any atom is 0.251 e. The molecule has 0 radical (unpaired) electrons. The van der Waals surface area contributed by atoms with Crippen molar-refractivity contribution in [1.29, 1.82) is 0 Å². The number of anilines is 1. The fourth-order valence-electron chi connectivity index (χ4n) is 3.19. The van der Waals surface area contributed by atoms with Crippen molar-refractivity contribution in [2.45, 2.75) is 31.7 Å². The Bertz CT molecular complexity index is 616. The van der Waals surface area contributed by atoms with Crippen molar-refractivity contribution in [1.82, 2.24) is 10.2 Å². The van der Waals surface area contributed by atoms with Gasteiger partial charge in [-0.15, -0.1) is 0 Å². The summed E-state index contributed by atoms with van der Waals surface area (Å²) in [5.74, 6) is 0.123. The van der Waals surface area contributed by atoms with Crippen LogP contribution in [0.25, 0.3) is 0 Å². The lowest BCUT2D eigenvalue weighted by Crippen LogP contribution is -2.48. The van der Waals surface area contributed by atoms with E-state index in [-0.39, 0.29) is 23.8 Å². The van der Waals surface area contributed by atoms with Gasteiger partial charge < -0.3 is 15.4 Å². The van der Waals surface area contributed by atoms with E-state index in [2.05, 4.69) is 15.5 Å². The number of rotatable bonds is 7. The van der Waals surface area contributed by atoms with E-state index >= 15 is 0 Å². The number of likely N-dealkylation sites (tertiary alicyclic amines) is 1. The Kier molecular flexibility index (Phi) is 6.04. The van der Waals surface area contributed by atoms with Gasteiger partial charge in [-0.1, -0.05) is 6.07 Å². The largest absolute Gasteiger partial charge is 0.383 e. The second-order valence-corrected chi connectivity index (χ2v) is 6.95. The van der Waals surface area contributed by atoms with Gasteiger partial charge in [-0.2, -0.15) is 0 Å². The van der Waals surface area contributed by atoms with Gasteiger partial charge in [0.25, 0.3) is 5.91 Å². The molecule has 1 saturated carbocycles. The van der Waals surface area contributed by atoms with E-state index < -0.39 is 0 Å². The molecule has 0 aromatic heterocycles. The van der Waals surface area contributed by atoms with Crippen molar-refractivity contribution < 1.29 is 14.3 Å². The number of carbonyl (C=O) groups is 2. The van der Waals surface area contributed by atoms with Crippen LogP contribution in [0.2, 0.25) is 0 Å². The molecule has 1 saturated heterocycles. The van der Waals surface area contributed by atoms with Gasteiger partial charge >= 0.3 is 0 Å². The topological polar surface area (TPSA) is 70.7 Å². The monoisotopic (exact) mass is 345 g/mol. The average Bonchev–Trinajstić information content (AvgIpc) is 3.46. The van der Waals surface area contributed by atoms with Gasteiger partial charge in [0.05, 0.1) is 6.61 Å². The second-order valence-electron chi connectivity index (χ2n) is 6.95. The normalized spacial score (nSPS) is 20.9. The van der Waals surface area contributed by atoms with Gasteiger partial charge in [0.2, 0.25) is 5.91 Å². The van der Waals surface area contributed by atoms with Crippen molar-refractivity contribution in [3.8, 4) is 0 Å². The zero-order valence-electron chi connectivity index (χ0n) is 14.8. The minimum atomic E-state index is -0.0823. The van der Waals surface area contributed by atoms with Crippen LogP contribution in [0, 0.1) is 5.92 Å². The van der Waals surface area contributed by atoms with Crippen molar-refractivity contribution in [2.75, 3.05) is 38.7 Å². The zero-order valence-corrected chi connectivity index (χ0v) is 14.8. The molecule has 0 unspecified atom stereocenters. The minimum Gasteiger partial charge on any atom is -0.383 e. The third kappa shape index (κ3) is 5.28. The molecule has 136 valence electrons. The molecule has 3 rings (SSSR count). The van der Waals surface area contributed by atoms with E-state index in [1.165, 1.54) is 0 Å². The van der Waals surface area contributed by atoms with E-state index in [9.17, 15) is 9.59 Å². The molecule has 2 fully saturated rings. The van der Waals surface area contributed by atoms with E-state index in [0.717, 1.165) is 45.3 Å². The summed E-state index contributed by atoms with van der Waals surface area (Å²) in [5.41, 5.74) is 1.28. The quantitative estimate of drug-likeness (QED) is 0.791. The number of hydrogen-bond acceptors (Lipinski definition) is 4. The molecule has 1 aliphatic heterocycles. The number of carbonyl (C=O) groups excluding carboxylic acids is 2. The summed E-state index contributed by atoms with van der Waals surface area (Å²) in [6.07, 6.45) is 4.00. The molecule has 1 atom stereocenters. The molecule has 2 aliphatic rings. The first-order valence-electron chi connectivity index (χ1n) is 9.09. The Morgan fingerprint density at radius 1 is 1.28 bits per heavy atom. The average molecular weight is 345 g/mol. The van der Waals surface area contributed by atoms with E-state index in [1.54, 1.807) is 19.2 Å². The number of benzene rings is 1. The SMILES string of the molecule is COCCN1CCC[C@@H](NC(=O)c2cccc(NC(=O)C3CC3)c2)C1. The highest BCUT2D eigenvalue weighted by Crippen LogP contribution is 2.30. The predicted octanol–water partition coefficient (Wildman–Crippen LogP) is 1.88. The number of amides is 2. The summed E-state index contributed by atoms with van der Waals surface area (Å²) in [6, 6.07) is 7.32. The van der Waals surface area contributed by atoms with Gasteiger partial charge in [0.15, 0.2) is 0 Å². The maximum atomic E-state index is 12.6. The second kappa shape index (κ2) is 8.45. The van der Waals surface area contributed by atoms with Crippen molar-refractivity contribution in [2.24, 2.45) is 5.92 Å². The van der Waals surface area contributed by atoms with Crippen LogP contribution in [0.5, 0.6) is 0 Å². The Balaban J connectivity index is 1.54. The van der Waals surface area contributed by atoms with E-state index in [0.29, 0.717) is 17.9 Å². The molecule has 0 spiro atoms. The lowest BCUT2D eigenvalue weighted by Gasteiger charge is -2.32. The van der Waals surface area contributed by atoms with Gasteiger partial charge in [-0.25, -0.2) is 0 Å². The lowest BCUT2D eigenvalue weighted by atomic mass is 10.0. The van der Waals surface area contributed by atoms with E-state index in [1.807, 2.05) is 12.1 Å². The van der Waals surface area contributed by atoms with Crippen LogP contribution in [0.1, 0.15) is 36.0 Å². The summed E-state index contributed by atoms with van der Waals surface area (Å²) >= 11 is 0. The summed E-state index contributed by atoms with van der Waals surface area (Å²) in [5, 5.41) is 6.02. The molecule has 1 heterocycles. The molecule has 6 nitrogen and oxygen atoms in total. The summed E-state index contributed by atoms with van der Waals surface area (Å²) in [7, 11) is 1.71. The summed E-state index contributed by atoms with van der Waals surface area (Å²) in [4.78, 5) is 26.7.